The summed E-state index contributed by atoms with van der Waals surface area (Å²) < 4.78 is 14.5. The van der Waals surface area contributed by atoms with Gasteiger partial charge >= 0.3 is 0 Å². The Morgan fingerprint density at radius 1 is 1.00 bits per heavy atom. The summed E-state index contributed by atoms with van der Waals surface area (Å²) in [5, 5.41) is 10.8. The average molecular weight is 463 g/mol. The molecule has 0 saturated carbocycles. The first-order chi connectivity index (χ1) is 16.3. The molecule has 2 aromatic rings. The lowest BCUT2D eigenvalue weighted by atomic mass is 9.95. The number of carbonyl (C=O) groups excluding carboxylic acids is 2. The van der Waals surface area contributed by atoms with E-state index in [9.17, 15) is 14.0 Å². The van der Waals surface area contributed by atoms with E-state index in [0.29, 0.717) is 12.5 Å². The summed E-state index contributed by atoms with van der Waals surface area (Å²) in [5.41, 5.74) is 3.85. The van der Waals surface area contributed by atoms with Crippen molar-refractivity contribution in [3.63, 3.8) is 0 Å². The van der Waals surface area contributed by atoms with Gasteiger partial charge in [0.2, 0.25) is 11.8 Å². The largest absolute Gasteiger partial charge is 0.343 e. The quantitative estimate of drug-likeness (QED) is 0.633. The molecule has 2 aliphatic heterocycles. The van der Waals surface area contributed by atoms with Crippen molar-refractivity contribution < 1.29 is 14.0 Å². The van der Waals surface area contributed by atoms with E-state index in [2.05, 4.69) is 41.5 Å². The highest BCUT2D eigenvalue weighted by molar-refractivity contribution is 5.90. The van der Waals surface area contributed by atoms with Crippen molar-refractivity contribution in [1.82, 2.24) is 10.2 Å². The molecule has 0 bridgehead atoms. The van der Waals surface area contributed by atoms with E-state index in [0.717, 1.165) is 16.7 Å². The van der Waals surface area contributed by atoms with E-state index in [1.807, 2.05) is 42.5 Å². The second kappa shape index (κ2) is 10.3. The van der Waals surface area contributed by atoms with Crippen LogP contribution in [-0.2, 0) is 9.59 Å². The summed E-state index contributed by atoms with van der Waals surface area (Å²) >= 11 is 0. The predicted octanol–water partition coefficient (Wildman–Crippen LogP) is 4.94. The molecule has 178 valence electrons. The predicted molar refractivity (Wildman–Crippen MR) is 129 cm³/mol. The summed E-state index contributed by atoms with van der Waals surface area (Å²) in [6, 6.07) is 16.6. The Hall–Kier alpha value is -3.35. The molecule has 4 rings (SSSR count). The van der Waals surface area contributed by atoms with E-state index in [4.69, 9.17) is 0 Å². The average Bonchev–Trinajstić information content (AvgIpc) is 3.52. The molecular formula is C27H31FN4O2. The first-order valence-electron chi connectivity index (χ1n) is 11.8. The minimum Gasteiger partial charge on any atom is -0.343 e. The van der Waals surface area contributed by atoms with E-state index >= 15 is 0 Å². The molecule has 7 heteroatoms. The lowest BCUT2D eigenvalue weighted by Crippen LogP contribution is -2.48. The number of nitrogens with zero attached hydrogens (tertiary/aromatic N) is 3. The molecule has 2 heterocycles. The van der Waals surface area contributed by atoms with E-state index in [1.54, 1.807) is 13.1 Å². The fourth-order valence-corrected chi connectivity index (χ4v) is 4.53. The SMILES string of the molecule is CC(C(=O)N1C[C@H](F)C[C@H]1C(=O)N[C@@H](c1ccccc1)c1ccc(C(C)C)cc1)C1=CN=NC1. The lowest BCUT2D eigenvalue weighted by molar-refractivity contribution is -0.140. The third-order valence-electron chi connectivity index (χ3n) is 6.68. The summed E-state index contributed by atoms with van der Waals surface area (Å²) in [6.45, 7) is 6.31. The molecule has 2 amide bonds. The first kappa shape index (κ1) is 23.8. The van der Waals surface area contributed by atoms with Crippen LogP contribution in [0.3, 0.4) is 0 Å². The zero-order valence-corrected chi connectivity index (χ0v) is 19.8. The van der Waals surface area contributed by atoms with E-state index in [-0.39, 0.29) is 24.8 Å². The molecule has 0 aromatic heterocycles. The third kappa shape index (κ3) is 5.08. The number of likely N-dealkylation sites (tertiary alicyclic amines) is 1. The summed E-state index contributed by atoms with van der Waals surface area (Å²) in [7, 11) is 0. The fraction of sp³-hybridized carbons (Fsp3) is 0.407. The molecule has 34 heavy (non-hydrogen) atoms. The minimum atomic E-state index is -1.24. The van der Waals surface area contributed by atoms with Gasteiger partial charge < -0.3 is 10.2 Å². The number of azo groups is 1. The first-order valence-corrected chi connectivity index (χ1v) is 11.8. The van der Waals surface area contributed by atoms with Crippen LogP contribution in [0.4, 0.5) is 4.39 Å². The molecule has 2 aliphatic rings. The maximum absolute atomic E-state index is 14.5. The van der Waals surface area contributed by atoms with Crippen LogP contribution in [0.15, 0.2) is 76.6 Å². The highest BCUT2D eigenvalue weighted by atomic mass is 19.1. The highest BCUT2D eigenvalue weighted by Crippen LogP contribution is 2.29. The molecule has 4 atom stereocenters. The van der Waals surface area contributed by atoms with Crippen LogP contribution in [0.25, 0.3) is 0 Å². The Morgan fingerprint density at radius 3 is 2.26 bits per heavy atom. The summed E-state index contributed by atoms with van der Waals surface area (Å²) in [5.74, 6) is -0.714. The molecule has 0 aliphatic carbocycles. The van der Waals surface area contributed by atoms with Gasteiger partial charge in [0, 0.05) is 6.42 Å². The summed E-state index contributed by atoms with van der Waals surface area (Å²) in [6.07, 6.45) is 0.332. The van der Waals surface area contributed by atoms with Crippen LogP contribution in [0.5, 0.6) is 0 Å². The number of amides is 2. The Kier molecular flexibility index (Phi) is 7.20. The molecular weight excluding hydrogens is 431 g/mol. The maximum atomic E-state index is 14.5. The van der Waals surface area contributed by atoms with Crippen LogP contribution in [0, 0.1) is 5.92 Å². The summed E-state index contributed by atoms with van der Waals surface area (Å²) in [4.78, 5) is 28.0. The van der Waals surface area contributed by atoms with Crippen LogP contribution >= 0.6 is 0 Å². The number of halogens is 1. The van der Waals surface area contributed by atoms with Crippen molar-refractivity contribution in [2.75, 3.05) is 13.1 Å². The minimum absolute atomic E-state index is 0.00805. The van der Waals surface area contributed by atoms with Crippen molar-refractivity contribution in [1.29, 1.82) is 0 Å². The number of alkyl halides is 1. The van der Waals surface area contributed by atoms with Crippen molar-refractivity contribution in [2.45, 2.75) is 51.4 Å². The third-order valence-corrected chi connectivity index (χ3v) is 6.68. The molecule has 0 radical (unpaired) electrons. The maximum Gasteiger partial charge on any atom is 0.243 e. The van der Waals surface area contributed by atoms with Crippen LogP contribution in [-0.4, -0.2) is 42.0 Å². The van der Waals surface area contributed by atoms with Gasteiger partial charge in [-0.25, -0.2) is 4.39 Å². The number of rotatable bonds is 7. The van der Waals surface area contributed by atoms with Gasteiger partial charge in [-0.3, -0.25) is 9.59 Å². The smallest absolute Gasteiger partial charge is 0.243 e. The number of hydrogen-bond acceptors (Lipinski definition) is 4. The fourth-order valence-electron chi connectivity index (χ4n) is 4.53. The van der Waals surface area contributed by atoms with Crippen molar-refractivity contribution in [2.24, 2.45) is 16.1 Å². The molecule has 1 unspecified atom stereocenters. The molecule has 1 saturated heterocycles. The molecule has 2 aromatic carbocycles. The van der Waals surface area contributed by atoms with Crippen LogP contribution in [0.1, 0.15) is 55.8 Å². The Labute approximate surface area is 200 Å². The monoisotopic (exact) mass is 462 g/mol. The van der Waals surface area contributed by atoms with Crippen LogP contribution < -0.4 is 5.32 Å². The topological polar surface area (TPSA) is 74.1 Å². The van der Waals surface area contributed by atoms with Gasteiger partial charge in [-0.1, -0.05) is 68.4 Å². The Bertz CT molecular complexity index is 1080. The van der Waals surface area contributed by atoms with Crippen LogP contribution in [0.2, 0.25) is 0 Å². The van der Waals surface area contributed by atoms with Gasteiger partial charge in [0.25, 0.3) is 0 Å². The van der Waals surface area contributed by atoms with Gasteiger partial charge in [0.05, 0.1) is 31.2 Å². The van der Waals surface area contributed by atoms with Crippen molar-refractivity contribution >= 4 is 11.8 Å². The highest BCUT2D eigenvalue weighted by Gasteiger charge is 2.42. The molecule has 0 spiro atoms. The molecule has 6 nitrogen and oxygen atoms in total. The molecule has 1 N–H and O–H groups in total. The zero-order valence-electron chi connectivity index (χ0n) is 19.8. The van der Waals surface area contributed by atoms with Gasteiger partial charge in [-0.05, 0) is 35.1 Å². The van der Waals surface area contributed by atoms with E-state index < -0.39 is 24.2 Å². The standard InChI is InChI=1S/C27H31FN4O2/c1-17(2)19-9-11-21(12-10-19)25(20-7-5-4-6-8-20)31-26(33)24-13-23(28)16-32(24)27(34)18(3)22-14-29-30-15-22/h4-12,14,17-18,23-25H,13,15-16H2,1-3H3,(H,31,33)/t18?,23-,24+,25+/m1/s1. The number of nitrogens with one attached hydrogen (secondary N) is 1. The number of hydrogen-bond donors (Lipinski definition) is 1. The normalized spacial score (nSPS) is 21.4. The van der Waals surface area contributed by atoms with Gasteiger partial charge in [-0.15, -0.1) is 0 Å². The zero-order chi connectivity index (χ0) is 24.2. The number of carbonyl (C=O) groups is 2. The van der Waals surface area contributed by atoms with Gasteiger partial charge in [0.15, 0.2) is 0 Å². The molecule has 1 fully saturated rings. The van der Waals surface area contributed by atoms with Gasteiger partial charge in [-0.2, -0.15) is 10.2 Å². The Morgan fingerprint density at radius 2 is 1.65 bits per heavy atom. The second-order valence-electron chi connectivity index (χ2n) is 9.35. The number of benzene rings is 2. The lowest BCUT2D eigenvalue weighted by Gasteiger charge is -2.29. The second-order valence-corrected chi connectivity index (χ2v) is 9.35. The van der Waals surface area contributed by atoms with E-state index in [1.165, 1.54) is 10.5 Å². The van der Waals surface area contributed by atoms with Gasteiger partial charge in [0.1, 0.15) is 12.2 Å². The van der Waals surface area contributed by atoms with Crippen molar-refractivity contribution in [3.05, 3.63) is 83.1 Å². The van der Waals surface area contributed by atoms with Crippen molar-refractivity contribution in [3.8, 4) is 0 Å². The Balaban J connectivity index is 1.56.